The number of aryl methyl sites for hydroxylation is 1. The van der Waals surface area contributed by atoms with Crippen molar-refractivity contribution in [1.29, 1.82) is 0 Å². The molecule has 3 atom stereocenters. The van der Waals surface area contributed by atoms with Crippen LogP contribution in [0.1, 0.15) is 54.6 Å². The molecule has 0 spiro atoms. The van der Waals surface area contributed by atoms with E-state index in [2.05, 4.69) is 50.4 Å². The van der Waals surface area contributed by atoms with Crippen molar-refractivity contribution in [3.63, 3.8) is 0 Å². The number of anilines is 1. The molecule has 0 radical (unpaired) electrons. The lowest BCUT2D eigenvalue weighted by molar-refractivity contribution is -0.116. The number of hydrogen-bond acceptors (Lipinski definition) is 3. The monoisotopic (exact) mass is 422 g/mol. The van der Waals surface area contributed by atoms with Crippen LogP contribution in [0.25, 0.3) is 0 Å². The van der Waals surface area contributed by atoms with E-state index in [1.807, 2.05) is 23.1 Å². The third-order valence-corrected chi connectivity index (χ3v) is 7.70. The van der Waals surface area contributed by atoms with Gasteiger partial charge in [0, 0.05) is 16.5 Å². The summed E-state index contributed by atoms with van der Waals surface area (Å²) in [6, 6.07) is 14.2. The van der Waals surface area contributed by atoms with Crippen LogP contribution in [0.15, 0.2) is 47.4 Å². The van der Waals surface area contributed by atoms with Crippen LogP contribution < -0.4 is 10.2 Å². The highest BCUT2D eigenvalue weighted by molar-refractivity contribution is 8.00. The van der Waals surface area contributed by atoms with Gasteiger partial charge in [0.1, 0.15) is 0 Å². The van der Waals surface area contributed by atoms with Gasteiger partial charge >= 0.3 is 0 Å². The Bertz CT molecular complexity index is 941. The normalized spacial score (nSPS) is 23.8. The molecule has 0 bridgehead atoms. The lowest BCUT2D eigenvalue weighted by atomic mass is 9.78. The van der Waals surface area contributed by atoms with Crippen molar-refractivity contribution in [2.75, 3.05) is 10.7 Å². The van der Waals surface area contributed by atoms with Crippen LogP contribution in [0.3, 0.4) is 0 Å². The molecule has 2 amide bonds. The van der Waals surface area contributed by atoms with E-state index in [-0.39, 0.29) is 17.9 Å². The number of carbonyl (C=O) groups is 2. The Hall–Kier alpha value is -2.27. The van der Waals surface area contributed by atoms with Crippen molar-refractivity contribution in [3.8, 4) is 0 Å². The van der Waals surface area contributed by atoms with Crippen LogP contribution >= 0.6 is 11.8 Å². The van der Waals surface area contributed by atoms with E-state index in [4.69, 9.17) is 0 Å². The minimum atomic E-state index is -0.0398. The first-order chi connectivity index (χ1) is 14.4. The summed E-state index contributed by atoms with van der Waals surface area (Å²) < 4.78 is 0. The van der Waals surface area contributed by atoms with Gasteiger partial charge in [0.15, 0.2) is 0 Å². The van der Waals surface area contributed by atoms with E-state index in [1.54, 1.807) is 11.8 Å². The van der Waals surface area contributed by atoms with Gasteiger partial charge in [-0.05, 0) is 48.9 Å². The fourth-order valence-corrected chi connectivity index (χ4v) is 5.35. The predicted octanol–water partition coefficient (Wildman–Crippen LogP) is 5.19. The highest BCUT2D eigenvalue weighted by Gasteiger charge is 2.30. The first kappa shape index (κ1) is 21.0. The Balaban J connectivity index is 1.56. The van der Waals surface area contributed by atoms with Crippen LogP contribution in [0.4, 0.5) is 5.69 Å². The molecular formula is C25H30N2O2S. The Morgan fingerprint density at radius 2 is 1.90 bits per heavy atom. The minimum Gasteiger partial charge on any atom is -0.349 e. The third-order valence-electron chi connectivity index (χ3n) is 6.65. The molecule has 2 aliphatic rings. The zero-order valence-electron chi connectivity index (χ0n) is 18.0. The molecule has 1 heterocycles. The van der Waals surface area contributed by atoms with Crippen LogP contribution in [-0.2, 0) is 11.3 Å². The molecule has 158 valence electrons. The van der Waals surface area contributed by atoms with Crippen molar-refractivity contribution in [2.24, 2.45) is 11.8 Å². The number of hydrogen-bond donors (Lipinski definition) is 1. The zero-order valence-corrected chi connectivity index (χ0v) is 18.8. The fourth-order valence-electron chi connectivity index (χ4n) is 4.43. The Morgan fingerprint density at radius 1 is 1.13 bits per heavy atom. The molecule has 0 saturated heterocycles. The van der Waals surface area contributed by atoms with Gasteiger partial charge in [-0.2, -0.15) is 0 Å². The maximum Gasteiger partial charge on any atom is 0.251 e. The maximum absolute atomic E-state index is 13.0. The van der Waals surface area contributed by atoms with Crippen LogP contribution in [0.2, 0.25) is 0 Å². The lowest BCUT2D eigenvalue weighted by Gasteiger charge is -2.34. The minimum absolute atomic E-state index is 0.0398. The number of carbonyl (C=O) groups excluding carboxylic acids is 2. The van der Waals surface area contributed by atoms with Gasteiger partial charge in [-0.15, -0.1) is 11.8 Å². The molecule has 1 saturated carbocycles. The average Bonchev–Trinajstić information content (AvgIpc) is 2.74. The summed E-state index contributed by atoms with van der Waals surface area (Å²) in [4.78, 5) is 28.6. The van der Waals surface area contributed by atoms with Gasteiger partial charge in [-0.1, -0.05) is 56.5 Å². The summed E-state index contributed by atoms with van der Waals surface area (Å²) >= 11 is 1.55. The molecule has 0 aromatic heterocycles. The predicted molar refractivity (Wildman–Crippen MR) is 123 cm³/mol. The van der Waals surface area contributed by atoms with Crippen molar-refractivity contribution >= 4 is 29.3 Å². The fraction of sp³-hybridized carbons (Fsp3) is 0.440. The van der Waals surface area contributed by atoms with E-state index in [0.717, 1.165) is 29.0 Å². The summed E-state index contributed by atoms with van der Waals surface area (Å²) in [5.41, 5.74) is 3.76. The number of benzene rings is 2. The van der Waals surface area contributed by atoms with Gasteiger partial charge in [-0.25, -0.2) is 0 Å². The van der Waals surface area contributed by atoms with Gasteiger partial charge in [0.05, 0.1) is 18.0 Å². The standard InChI is InChI=1S/C25H30N2O2S/c1-16-7-9-19(10-8-16)14-27-22-13-20(11-12-23(22)30-15-24(27)28)25(29)26-21-6-4-5-17(2)18(21)3/h7-13,17-18,21H,4-6,14-15H2,1-3H3,(H,26,29)/t17-,18+,21-/m1/s1. The molecule has 5 heteroatoms. The molecule has 0 unspecified atom stereocenters. The summed E-state index contributed by atoms with van der Waals surface area (Å²) in [6.07, 6.45) is 3.44. The van der Waals surface area contributed by atoms with Gasteiger partial charge in [0.25, 0.3) is 5.91 Å². The second kappa shape index (κ2) is 8.84. The van der Waals surface area contributed by atoms with Gasteiger partial charge in [-0.3, -0.25) is 9.59 Å². The number of fused-ring (bicyclic) bond motifs is 1. The van der Waals surface area contributed by atoms with E-state index in [0.29, 0.717) is 29.7 Å². The van der Waals surface area contributed by atoms with Crippen LogP contribution in [-0.4, -0.2) is 23.6 Å². The molecule has 1 fully saturated rings. The van der Waals surface area contributed by atoms with Crippen LogP contribution in [0.5, 0.6) is 0 Å². The SMILES string of the molecule is Cc1ccc(CN2C(=O)CSc3ccc(C(=O)N[C@@H]4CCC[C@@H](C)[C@@H]4C)cc32)cc1. The smallest absolute Gasteiger partial charge is 0.251 e. The summed E-state index contributed by atoms with van der Waals surface area (Å²) in [5.74, 6) is 1.59. The van der Waals surface area contributed by atoms with Gasteiger partial charge < -0.3 is 10.2 Å². The summed E-state index contributed by atoms with van der Waals surface area (Å²) in [6.45, 7) is 7.09. The Morgan fingerprint density at radius 3 is 2.67 bits per heavy atom. The number of rotatable bonds is 4. The van der Waals surface area contributed by atoms with E-state index >= 15 is 0 Å². The Labute approximate surface area is 183 Å². The quantitative estimate of drug-likeness (QED) is 0.738. The Kier molecular flexibility index (Phi) is 6.19. The second-order valence-corrected chi connectivity index (χ2v) is 9.80. The van der Waals surface area contributed by atoms with Crippen LogP contribution in [0, 0.1) is 18.8 Å². The first-order valence-corrected chi connectivity index (χ1v) is 11.8. The highest BCUT2D eigenvalue weighted by Crippen LogP contribution is 2.37. The second-order valence-electron chi connectivity index (χ2n) is 8.78. The zero-order chi connectivity index (χ0) is 21.3. The van der Waals surface area contributed by atoms with Crippen molar-refractivity contribution in [1.82, 2.24) is 5.32 Å². The maximum atomic E-state index is 13.0. The average molecular weight is 423 g/mol. The van der Waals surface area contributed by atoms with E-state index < -0.39 is 0 Å². The molecule has 2 aromatic carbocycles. The van der Waals surface area contributed by atoms with E-state index in [9.17, 15) is 9.59 Å². The lowest BCUT2D eigenvalue weighted by Crippen LogP contribution is -2.43. The highest BCUT2D eigenvalue weighted by atomic mass is 32.2. The molecular weight excluding hydrogens is 392 g/mol. The summed E-state index contributed by atoms with van der Waals surface area (Å²) in [7, 11) is 0. The van der Waals surface area contributed by atoms with Gasteiger partial charge in [0.2, 0.25) is 5.91 Å². The number of nitrogens with zero attached hydrogens (tertiary/aromatic N) is 1. The number of nitrogens with one attached hydrogen (secondary N) is 1. The molecule has 30 heavy (non-hydrogen) atoms. The molecule has 4 nitrogen and oxygen atoms in total. The largest absolute Gasteiger partial charge is 0.349 e. The van der Waals surface area contributed by atoms with Crippen molar-refractivity contribution in [2.45, 2.75) is 57.5 Å². The third kappa shape index (κ3) is 4.41. The van der Waals surface area contributed by atoms with Crippen molar-refractivity contribution < 1.29 is 9.59 Å². The van der Waals surface area contributed by atoms with Crippen molar-refractivity contribution in [3.05, 3.63) is 59.2 Å². The number of amides is 2. The molecule has 1 aliphatic heterocycles. The molecule has 4 rings (SSSR count). The van der Waals surface area contributed by atoms with E-state index in [1.165, 1.54) is 12.0 Å². The first-order valence-electron chi connectivity index (χ1n) is 10.9. The topological polar surface area (TPSA) is 49.4 Å². The molecule has 1 N–H and O–H groups in total. The number of thioether (sulfide) groups is 1. The summed E-state index contributed by atoms with van der Waals surface area (Å²) in [5, 5.41) is 3.25. The molecule has 2 aromatic rings. The molecule has 1 aliphatic carbocycles.